The minimum absolute atomic E-state index is 0.783. The lowest BCUT2D eigenvalue weighted by atomic mass is 10.6. The lowest BCUT2D eigenvalue weighted by Gasteiger charge is -2.12. The van der Waals surface area contributed by atoms with Crippen LogP contribution in [0.15, 0.2) is 23.0 Å². The molecule has 1 atom stereocenters. The van der Waals surface area contributed by atoms with Gasteiger partial charge in [0.05, 0.1) is 11.5 Å². The van der Waals surface area contributed by atoms with E-state index >= 15 is 0 Å². The lowest BCUT2D eigenvalue weighted by Crippen LogP contribution is -2.22. The molecule has 0 heterocycles. The van der Waals surface area contributed by atoms with E-state index in [0.717, 1.165) is 0 Å². The number of rotatable bonds is 6. The van der Waals surface area contributed by atoms with Crippen molar-refractivity contribution in [2.24, 2.45) is 0 Å². The molecule has 0 spiro atoms. The molecule has 16 heavy (non-hydrogen) atoms. The lowest BCUT2D eigenvalue weighted by molar-refractivity contribution is -0.0568. The van der Waals surface area contributed by atoms with Crippen LogP contribution >= 0.6 is 0 Å². The van der Waals surface area contributed by atoms with Crippen LogP contribution in [0.25, 0.3) is 0 Å². The van der Waals surface area contributed by atoms with Crippen molar-refractivity contribution < 1.29 is 35.8 Å². The second-order valence-electron chi connectivity index (χ2n) is 2.62. The van der Waals surface area contributed by atoms with Gasteiger partial charge in [-0.1, -0.05) is 13.2 Å². The molecule has 3 N–H and O–H groups in total. The summed E-state index contributed by atoms with van der Waals surface area (Å²) in [6, 6.07) is 0. The highest BCUT2D eigenvalue weighted by molar-refractivity contribution is 7.90. The molecule has 0 rings (SSSR count). The predicted octanol–water partition coefficient (Wildman–Crippen LogP) is -0.876. The van der Waals surface area contributed by atoms with Crippen molar-refractivity contribution in [3.63, 3.8) is 0 Å². The van der Waals surface area contributed by atoms with Gasteiger partial charge in [-0.3, -0.25) is 9.11 Å². The Labute approximate surface area is 92.3 Å². The van der Waals surface area contributed by atoms with E-state index in [1.54, 1.807) is 0 Å². The summed E-state index contributed by atoms with van der Waals surface area (Å²) < 4.78 is 62.8. The van der Waals surface area contributed by atoms with Crippen molar-refractivity contribution in [3.8, 4) is 0 Å². The first-order valence-corrected chi connectivity index (χ1v) is 6.45. The Morgan fingerprint density at radius 3 is 1.88 bits per heavy atom. The third-order valence-electron chi connectivity index (χ3n) is 1.37. The molecule has 0 aliphatic carbocycles. The summed E-state index contributed by atoms with van der Waals surface area (Å²) in [5, 5.41) is 8.99. The molecule has 0 radical (unpaired) electrons. The zero-order valence-corrected chi connectivity index (χ0v) is 9.53. The van der Waals surface area contributed by atoms with Crippen molar-refractivity contribution in [1.82, 2.24) is 0 Å². The Morgan fingerprint density at radius 2 is 1.56 bits per heavy atom. The van der Waals surface area contributed by atoms with Crippen LogP contribution in [0.4, 0.5) is 0 Å². The maximum Gasteiger partial charge on any atom is 0.295 e. The van der Waals surface area contributed by atoms with Crippen LogP contribution in [0.2, 0.25) is 0 Å². The summed E-state index contributed by atoms with van der Waals surface area (Å²) in [5.74, 6) is 0. The van der Waals surface area contributed by atoms with Crippen LogP contribution in [-0.2, 0) is 25.0 Å². The smallest absolute Gasteiger partial charge is 0.295 e. The van der Waals surface area contributed by atoms with E-state index in [2.05, 4.69) is 17.9 Å². The van der Waals surface area contributed by atoms with Gasteiger partial charge in [0.1, 0.15) is 4.91 Å². The van der Waals surface area contributed by atoms with E-state index in [4.69, 9.17) is 14.2 Å². The summed E-state index contributed by atoms with van der Waals surface area (Å²) in [5.41, 5.74) is 0. The van der Waals surface area contributed by atoms with E-state index in [1.165, 1.54) is 0 Å². The van der Waals surface area contributed by atoms with Gasteiger partial charge in [0.25, 0.3) is 20.2 Å². The van der Waals surface area contributed by atoms with Crippen molar-refractivity contribution in [3.05, 3.63) is 23.0 Å². The molecule has 0 aromatic carbocycles. The second-order valence-corrected chi connectivity index (χ2v) is 5.62. The van der Waals surface area contributed by atoms with Crippen LogP contribution in [0.1, 0.15) is 0 Å². The largest absolute Gasteiger partial charge is 0.364 e. The molecule has 0 fully saturated rings. The molecule has 0 aliphatic rings. The Balaban J connectivity index is 4.47. The standard InChI is InChI=1S/C6H10O8S2/c1-4(15(8,9)10)3-14-6(7)5(2)16(11,12)13/h6-7H,1-3H2,(H,8,9,10)(H,11,12,13). The van der Waals surface area contributed by atoms with Gasteiger partial charge in [-0.2, -0.15) is 16.8 Å². The van der Waals surface area contributed by atoms with Gasteiger partial charge in [0.15, 0.2) is 6.29 Å². The molecule has 0 aliphatic heterocycles. The van der Waals surface area contributed by atoms with E-state index in [0.29, 0.717) is 0 Å². The average molecular weight is 274 g/mol. The van der Waals surface area contributed by atoms with E-state index in [1.807, 2.05) is 0 Å². The zero-order chi connectivity index (χ0) is 13.1. The van der Waals surface area contributed by atoms with E-state index in [-0.39, 0.29) is 0 Å². The molecule has 0 bridgehead atoms. The molecule has 94 valence electrons. The summed E-state index contributed by atoms with van der Waals surface area (Å²) >= 11 is 0. The van der Waals surface area contributed by atoms with E-state index < -0.39 is 42.9 Å². The first-order valence-electron chi connectivity index (χ1n) is 3.57. The van der Waals surface area contributed by atoms with Gasteiger partial charge in [-0.15, -0.1) is 0 Å². The van der Waals surface area contributed by atoms with Crippen molar-refractivity contribution in [2.75, 3.05) is 6.61 Å². The van der Waals surface area contributed by atoms with Gasteiger partial charge in [-0.25, -0.2) is 0 Å². The highest BCUT2D eigenvalue weighted by atomic mass is 32.2. The second kappa shape index (κ2) is 5.03. The minimum atomic E-state index is -4.70. The minimum Gasteiger partial charge on any atom is -0.364 e. The Morgan fingerprint density at radius 1 is 1.12 bits per heavy atom. The third kappa shape index (κ3) is 4.83. The first kappa shape index (κ1) is 15.2. The molecule has 0 amide bonds. The molecule has 0 aromatic rings. The fraction of sp³-hybridized carbons (Fsp3) is 0.333. The molecule has 1 unspecified atom stereocenters. The Bertz CT molecular complexity index is 485. The number of hydrogen-bond donors (Lipinski definition) is 3. The highest BCUT2D eigenvalue weighted by Crippen LogP contribution is 2.10. The number of hydrogen-bond acceptors (Lipinski definition) is 6. The Kier molecular flexibility index (Phi) is 4.79. The van der Waals surface area contributed by atoms with Gasteiger partial charge in [0.2, 0.25) is 0 Å². The average Bonchev–Trinajstić information content (AvgIpc) is 2.09. The molecule has 8 nitrogen and oxygen atoms in total. The van der Waals surface area contributed by atoms with E-state index in [9.17, 15) is 16.8 Å². The first-order chi connectivity index (χ1) is 6.96. The fourth-order valence-electron chi connectivity index (χ4n) is 0.467. The quantitative estimate of drug-likeness (QED) is 0.419. The highest BCUT2D eigenvalue weighted by Gasteiger charge is 2.22. The van der Waals surface area contributed by atoms with Gasteiger partial charge in [0, 0.05) is 0 Å². The summed E-state index contributed by atoms with van der Waals surface area (Å²) in [4.78, 5) is -1.84. The molecule has 0 saturated heterocycles. The number of ether oxygens (including phenoxy) is 1. The third-order valence-corrected chi connectivity index (χ3v) is 3.09. The number of aliphatic hydroxyl groups excluding tert-OH is 1. The van der Waals surface area contributed by atoms with Gasteiger partial charge in [-0.05, 0) is 0 Å². The van der Waals surface area contributed by atoms with Crippen LogP contribution in [0.5, 0.6) is 0 Å². The number of aliphatic hydroxyl groups is 1. The maximum atomic E-state index is 10.4. The van der Waals surface area contributed by atoms with Crippen LogP contribution in [-0.4, -0.2) is 43.9 Å². The molecular weight excluding hydrogens is 264 g/mol. The van der Waals surface area contributed by atoms with Crippen LogP contribution in [0.3, 0.4) is 0 Å². The topological polar surface area (TPSA) is 138 Å². The van der Waals surface area contributed by atoms with Crippen molar-refractivity contribution in [2.45, 2.75) is 6.29 Å². The SMILES string of the molecule is C=C(COC(O)C(=C)S(=O)(=O)O)S(=O)(=O)O. The molecule has 0 saturated carbocycles. The fourth-order valence-corrected chi connectivity index (χ4v) is 1.01. The molecular formula is C6H10O8S2. The zero-order valence-electron chi connectivity index (χ0n) is 7.90. The Hall–Kier alpha value is -0.780. The van der Waals surface area contributed by atoms with Gasteiger partial charge >= 0.3 is 0 Å². The maximum absolute atomic E-state index is 10.4. The monoisotopic (exact) mass is 274 g/mol. The molecule has 10 heteroatoms. The van der Waals surface area contributed by atoms with Crippen LogP contribution in [0, 0.1) is 0 Å². The van der Waals surface area contributed by atoms with Crippen LogP contribution < -0.4 is 0 Å². The van der Waals surface area contributed by atoms with Crippen molar-refractivity contribution >= 4 is 20.2 Å². The van der Waals surface area contributed by atoms with Crippen molar-refractivity contribution in [1.29, 1.82) is 0 Å². The summed E-state index contributed by atoms with van der Waals surface area (Å²) in [6.45, 7) is 4.86. The summed E-state index contributed by atoms with van der Waals surface area (Å²) in [7, 11) is -9.23. The molecule has 0 aromatic heterocycles. The summed E-state index contributed by atoms with van der Waals surface area (Å²) in [6.07, 6.45) is -2.13. The predicted molar refractivity (Wildman–Crippen MR) is 53.3 cm³/mol. The normalized spacial score (nSPS) is 14.4. The van der Waals surface area contributed by atoms with Gasteiger partial charge < -0.3 is 9.84 Å².